The third kappa shape index (κ3) is 2.70. The van der Waals surface area contributed by atoms with E-state index in [9.17, 15) is 13.6 Å². The number of fused-ring (bicyclic) bond motifs is 1. The Morgan fingerprint density at radius 2 is 2.05 bits per heavy atom. The van der Waals surface area contributed by atoms with E-state index in [1.807, 2.05) is 4.90 Å². The van der Waals surface area contributed by atoms with Gasteiger partial charge in [-0.1, -0.05) is 0 Å². The number of amides is 1. The number of nitrogens with zero attached hydrogens (tertiary/aromatic N) is 3. The number of primary amides is 1. The first-order valence-electron chi connectivity index (χ1n) is 7.21. The van der Waals surface area contributed by atoms with Crippen LogP contribution in [0.5, 0.6) is 0 Å². The largest absolute Gasteiger partial charge is 0.370 e. The normalized spacial score (nSPS) is 18.6. The molecule has 0 radical (unpaired) electrons. The van der Waals surface area contributed by atoms with E-state index in [2.05, 4.69) is 9.97 Å². The third-order valence-corrected chi connectivity index (χ3v) is 3.99. The van der Waals surface area contributed by atoms with Crippen LogP contribution in [0.25, 0.3) is 10.9 Å². The molecule has 0 saturated carbocycles. The molecule has 0 bridgehead atoms. The van der Waals surface area contributed by atoms with Crippen molar-refractivity contribution in [1.82, 2.24) is 9.97 Å². The first-order chi connectivity index (χ1) is 10.6. The number of anilines is 1. The summed E-state index contributed by atoms with van der Waals surface area (Å²) in [5, 5.41) is 0.442. The Balaban J connectivity index is 2.07. The maximum atomic E-state index is 13.6. The maximum Gasteiger partial charge on any atom is 0.219 e. The number of hydrogen-bond donors (Lipinski definition) is 1. The lowest BCUT2D eigenvalue weighted by molar-refractivity contribution is -0.118. The molecule has 7 heteroatoms. The first kappa shape index (κ1) is 14.6. The molecule has 5 nitrogen and oxygen atoms in total. The first-order valence-corrected chi connectivity index (χ1v) is 7.21. The van der Waals surface area contributed by atoms with Gasteiger partial charge in [-0.25, -0.2) is 18.7 Å². The quantitative estimate of drug-likeness (QED) is 0.943. The average molecular weight is 306 g/mol. The van der Waals surface area contributed by atoms with E-state index in [0.29, 0.717) is 23.3 Å². The van der Waals surface area contributed by atoms with Gasteiger partial charge in [0, 0.05) is 30.5 Å². The van der Waals surface area contributed by atoms with Crippen molar-refractivity contribution in [3.8, 4) is 0 Å². The van der Waals surface area contributed by atoms with E-state index in [4.69, 9.17) is 5.73 Å². The van der Waals surface area contributed by atoms with Crippen LogP contribution in [0.15, 0.2) is 18.5 Å². The van der Waals surface area contributed by atoms with Crippen LogP contribution in [0, 0.1) is 11.6 Å². The summed E-state index contributed by atoms with van der Waals surface area (Å²) in [7, 11) is 0. The van der Waals surface area contributed by atoms with Crippen LogP contribution in [-0.2, 0) is 4.79 Å². The smallest absolute Gasteiger partial charge is 0.219 e. The Bertz CT molecular complexity index is 722. The molecule has 0 spiro atoms. The maximum absolute atomic E-state index is 13.6. The molecule has 2 N–H and O–H groups in total. The summed E-state index contributed by atoms with van der Waals surface area (Å²) < 4.78 is 26.9. The van der Waals surface area contributed by atoms with Gasteiger partial charge >= 0.3 is 0 Å². The molecule has 22 heavy (non-hydrogen) atoms. The number of rotatable bonds is 3. The fourth-order valence-electron chi connectivity index (χ4n) is 2.99. The van der Waals surface area contributed by atoms with Crippen LogP contribution in [0.1, 0.15) is 25.7 Å². The lowest BCUT2D eigenvalue weighted by Gasteiger charge is -2.36. The van der Waals surface area contributed by atoms with Crippen molar-refractivity contribution in [2.75, 3.05) is 11.4 Å². The van der Waals surface area contributed by atoms with Crippen molar-refractivity contribution in [3.63, 3.8) is 0 Å². The van der Waals surface area contributed by atoms with Crippen molar-refractivity contribution >= 4 is 22.6 Å². The number of aromatic nitrogens is 2. The standard InChI is InChI=1S/C15H16F2N4O/c16-11-6-10-13(7-12(11)17)19-8-20-15(10)21-4-2-1-3-9(21)5-14(18)22/h6-9H,1-5H2,(H2,18,22). The van der Waals surface area contributed by atoms with Crippen molar-refractivity contribution in [2.45, 2.75) is 31.7 Å². The predicted molar refractivity (Wildman–Crippen MR) is 78.3 cm³/mol. The summed E-state index contributed by atoms with van der Waals surface area (Å²) in [5.74, 6) is -1.74. The van der Waals surface area contributed by atoms with Crippen LogP contribution in [0.4, 0.5) is 14.6 Å². The van der Waals surface area contributed by atoms with Gasteiger partial charge in [0.25, 0.3) is 0 Å². The zero-order valence-corrected chi connectivity index (χ0v) is 11.9. The van der Waals surface area contributed by atoms with Gasteiger partial charge in [0.1, 0.15) is 12.1 Å². The molecule has 1 unspecified atom stereocenters. The average Bonchev–Trinajstić information content (AvgIpc) is 2.48. The molecule has 1 aliphatic rings. The number of carbonyl (C=O) groups excluding carboxylic acids is 1. The topological polar surface area (TPSA) is 72.1 Å². The molecular formula is C15H16F2N4O. The highest BCUT2D eigenvalue weighted by molar-refractivity contribution is 5.89. The molecule has 3 rings (SSSR count). The number of carbonyl (C=O) groups is 1. The summed E-state index contributed by atoms with van der Waals surface area (Å²) in [6.45, 7) is 0.697. The summed E-state index contributed by atoms with van der Waals surface area (Å²) in [5.41, 5.74) is 5.65. The second-order valence-electron chi connectivity index (χ2n) is 5.49. The molecule has 116 valence electrons. The number of hydrogen-bond acceptors (Lipinski definition) is 4. The second-order valence-corrected chi connectivity index (χ2v) is 5.49. The van der Waals surface area contributed by atoms with E-state index in [-0.39, 0.29) is 18.4 Å². The fourth-order valence-corrected chi connectivity index (χ4v) is 2.99. The van der Waals surface area contributed by atoms with Crippen LogP contribution in [0.3, 0.4) is 0 Å². The SMILES string of the molecule is NC(=O)CC1CCCCN1c1ncnc2cc(F)c(F)cc12. The molecule has 2 heterocycles. The highest BCUT2D eigenvalue weighted by atomic mass is 19.2. The van der Waals surface area contributed by atoms with Crippen molar-refractivity contribution in [1.29, 1.82) is 0 Å². The van der Waals surface area contributed by atoms with Crippen LogP contribution >= 0.6 is 0 Å². The minimum Gasteiger partial charge on any atom is -0.370 e. The summed E-state index contributed by atoms with van der Waals surface area (Å²) >= 11 is 0. The minimum atomic E-state index is -0.940. The molecule has 1 saturated heterocycles. The van der Waals surface area contributed by atoms with Gasteiger partial charge in [0.15, 0.2) is 11.6 Å². The van der Waals surface area contributed by atoms with E-state index in [1.54, 1.807) is 0 Å². The lowest BCUT2D eigenvalue weighted by Crippen LogP contribution is -2.42. The zero-order valence-electron chi connectivity index (χ0n) is 11.9. The summed E-state index contributed by atoms with van der Waals surface area (Å²) in [4.78, 5) is 21.4. The molecular weight excluding hydrogens is 290 g/mol. The number of benzene rings is 1. The minimum absolute atomic E-state index is 0.0718. The van der Waals surface area contributed by atoms with Gasteiger partial charge in [-0.15, -0.1) is 0 Å². The lowest BCUT2D eigenvalue weighted by atomic mass is 9.98. The highest BCUT2D eigenvalue weighted by Gasteiger charge is 2.26. The molecule has 1 fully saturated rings. The summed E-state index contributed by atoms with van der Waals surface area (Å²) in [6.07, 6.45) is 4.31. The number of halogens is 2. The molecule has 1 atom stereocenters. The van der Waals surface area contributed by atoms with Gasteiger partial charge in [-0.2, -0.15) is 0 Å². The third-order valence-electron chi connectivity index (χ3n) is 3.99. The van der Waals surface area contributed by atoms with E-state index >= 15 is 0 Å². The molecule has 2 aromatic rings. The molecule has 1 aliphatic heterocycles. The van der Waals surface area contributed by atoms with Crippen molar-refractivity contribution in [3.05, 3.63) is 30.1 Å². The molecule has 1 aromatic carbocycles. The van der Waals surface area contributed by atoms with E-state index in [0.717, 1.165) is 31.4 Å². The van der Waals surface area contributed by atoms with Gasteiger partial charge in [0.05, 0.1) is 5.52 Å². The molecule has 1 amide bonds. The zero-order chi connectivity index (χ0) is 15.7. The Morgan fingerprint density at radius 3 is 2.82 bits per heavy atom. The van der Waals surface area contributed by atoms with Crippen molar-refractivity contribution < 1.29 is 13.6 Å². The Hall–Kier alpha value is -2.31. The van der Waals surface area contributed by atoms with Crippen molar-refractivity contribution in [2.24, 2.45) is 5.73 Å². The van der Waals surface area contributed by atoms with Gasteiger partial charge < -0.3 is 10.6 Å². The fraction of sp³-hybridized carbons (Fsp3) is 0.400. The monoisotopic (exact) mass is 306 g/mol. The van der Waals surface area contributed by atoms with Gasteiger partial charge in [0.2, 0.25) is 5.91 Å². The number of nitrogens with two attached hydrogens (primary N) is 1. The van der Waals surface area contributed by atoms with Crippen LogP contribution < -0.4 is 10.6 Å². The van der Waals surface area contributed by atoms with E-state index in [1.165, 1.54) is 6.33 Å². The number of piperidine rings is 1. The molecule has 1 aromatic heterocycles. The van der Waals surface area contributed by atoms with Crippen LogP contribution in [0.2, 0.25) is 0 Å². The molecule has 0 aliphatic carbocycles. The van der Waals surface area contributed by atoms with Gasteiger partial charge in [-0.3, -0.25) is 4.79 Å². The second kappa shape index (κ2) is 5.82. The van der Waals surface area contributed by atoms with Gasteiger partial charge in [-0.05, 0) is 25.3 Å². The Kier molecular flexibility index (Phi) is 3.87. The van der Waals surface area contributed by atoms with Crippen LogP contribution in [-0.4, -0.2) is 28.5 Å². The summed E-state index contributed by atoms with van der Waals surface area (Å²) in [6, 6.07) is 2.09. The Morgan fingerprint density at radius 1 is 1.27 bits per heavy atom. The van der Waals surface area contributed by atoms with E-state index < -0.39 is 11.6 Å². The Labute approximate surface area is 126 Å². The predicted octanol–water partition coefficient (Wildman–Crippen LogP) is 2.14. The highest BCUT2D eigenvalue weighted by Crippen LogP contribution is 2.31.